The summed E-state index contributed by atoms with van der Waals surface area (Å²) in [5, 5.41) is 21.1. The molecule has 3 atom stereocenters. The van der Waals surface area contributed by atoms with Crippen LogP contribution in [-0.2, 0) is 32.2 Å². The van der Waals surface area contributed by atoms with E-state index in [9.17, 15) is 14.7 Å². The number of carbonyl (C=O) groups excluding carboxylic acids is 1. The number of piperidine rings is 1. The smallest absolute Gasteiger partial charge is 0.303 e. The van der Waals surface area contributed by atoms with E-state index in [4.69, 9.17) is 14.6 Å². The number of benzene rings is 2. The Morgan fingerprint density at radius 2 is 1.48 bits per heavy atom. The molecule has 0 bridgehead atoms. The number of carboxylic acid groups (broad SMARTS) is 1. The molecule has 4 rings (SSSR count). The van der Waals surface area contributed by atoms with Gasteiger partial charge in [0.25, 0.3) is 0 Å². The zero-order valence-electron chi connectivity index (χ0n) is 23.4. The van der Waals surface area contributed by atoms with E-state index in [0.29, 0.717) is 19.4 Å². The third-order valence-corrected chi connectivity index (χ3v) is 7.81. The van der Waals surface area contributed by atoms with Crippen molar-refractivity contribution in [1.29, 1.82) is 0 Å². The van der Waals surface area contributed by atoms with Gasteiger partial charge >= 0.3 is 5.97 Å². The van der Waals surface area contributed by atoms with E-state index in [2.05, 4.69) is 10.2 Å². The van der Waals surface area contributed by atoms with Crippen LogP contribution in [0.15, 0.2) is 48.5 Å². The van der Waals surface area contributed by atoms with Gasteiger partial charge in [0.2, 0.25) is 5.91 Å². The minimum atomic E-state index is -0.768. The highest BCUT2D eigenvalue weighted by molar-refractivity contribution is 5.75. The molecule has 2 aliphatic heterocycles. The molecule has 8 nitrogen and oxygen atoms in total. The summed E-state index contributed by atoms with van der Waals surface area (Å²) in [7, 11) is 0. The number of aliphatic hydroxyl groups is 1. The molecule has 2 aliphatic rings. The minimum absolute atomic E-state index is 0.0110. The van der Waals surface area contributed by atoms with Crippen LogP contribution in [0.1, 0.15) is 98.9 Å². The van der Waals surface area contributed by atoms with Gasteiger partial charge in [0.15, 0.2) is 6.29 Å². The first-order valence-electron chi connectivity index (χ1n) is 14.8. The van der Waals surface area contributed by atoms with Gasteiger partial charge in [-0.2, -0.15) is 0 Å². The summed E-state index contributed by atoms with van der Waals surface area (Å²) in [6.07, 6.45) is 7.82. The lowest BCUT2D eigenvalue weighted by Gasteiger charge is -2.39. The van der Waals surface area contributed by atoms with Gasteiger partial charge in [0, 0.05) is 37.9 Å². The third kappa shape index (κ3) is 9.70. The number of aliphatic carboxylic acids is 1. The van der Waals surface area contributed by atoms with Crippen LogP contribution in [0.2, 0.25) is 0 Å². The maximum absolute atomic E-state index is 12.2. The van der Waals surface area contributed by atoms with Gasteiger partial charge in [-0.1, -0.05) is 67.8 Å². The SMILES string of the molecule is O=C(O)CCCCCCC(=O)NCc1ccc([C@@H]2O[C@H](CN3CCCCC3)C[C@H](c3ccc(CO)cc3)O2)cc1. The van der Waals surface area contributed by atoms with E-state index >= 15 is 0 Å². The highest BCUT2D eigenvalue weighted by atomic mass is 16.7. The normalized spacial score (nSPS) is 21.7. The summed E-state index contributed by atoms with van der Waals surface area (Å²) in [5.41, 5.74) is 3.94. The lowest BCUT2D eigenvalue weighted by atomic mass is 9.99. The topological polar surface area (TPSA) is 108 Å². The quantitative estimate of drug-likeness (QED) is 0.275. The Labute approximate surface area is 237 Å². The molecular formula is C32H44N2O6. The fourth-order valence-corrected chi connectivity index (χ4v) is 5.46. The molecule has 0 saturated carbocycles. The minimum Gasteiger partial charge on any atom is -0.481 e. The summed E-state index contributed by atoms with van der Waals surface area (Å²) >= 11 is 0. The molecule has 40 heavy (non-hydrogen) atoms. The molecular weight excluding hydrogens is 508 g/mol. The van der Waals surface area contributed by atoms with Crippen molar-refractivity contribution >= 4 is 11.9 Å². The molecule has 2 saturated heterocycles. The summed E-state index contributed by atoms with van der Waals surface area (Å²) in [6.45, 7) is 3.62. The van der Waals surface area contributed by atoms with Crippen LogP contribution in [0, 0.1) is 0 Å². The predicted molar refractivity (Wildman–Crippen MR) is 152 cm³/mol. The lowest BCUT2D eigenvalue weighted by molar-refractivity contribution is -0.253. The van der Waals surface area contributed by atoms with Gasteiger partial charge in [-0.15, -0.1) is 0 Å². The van der Waals surface area contributed by atoms with Gasteiger partial charge in [0.1, 0.15) is 0 Å². The number of hydrogen-bond donors (Lipinski definition) is 3. The van der Waals surface area contributed by atoms with Crippen LogP contribution < -0.4 is 5.32 Å². The van der Waals surface area contributed by atoms with E-state index in [0.717, 1.165) is 67.6 Å². The van der Waals surface area contributed by atoms with Gasteiger partial charge < -0.3 is 29.9 Å². The Hall–Kier alpha value is -2.78. The lowest BCUT2D eigenvalue weighted by Crippen LogP contribution is -2.41. The number of unbranched alkanes of at least 4 members (excludes halogenated alkanes) is 3. The number of ether oxygens (including phenoxy) is 2. The second kappa shape index (κ2) is 15.9. The number of rotatable bonds is 14. The average Bonchev–Trinajstić information content (AvgIpc) is 2.98. The maximum atomic E-state index is 12.2. The second-order valence-electron chi connectivity index (χ2n) is 11.0. The van der Waals surface area contributed by atoms with Crippen molar-refractivity contribution in [3.05, 3.63) is 70.8 Å². The molecule has 2 fully saturated rings. The van der Waals surface area contributed by atoms with Crippen molar-refractivity contribution in [3.63, 3.8) is 0 Å². The molecule has 218 valence electrons. The van der Waals surface area contributed by atoms with E-state index in [1.165, 1.54) is 19.3 Å². The molecule has 1 amide bonds. The van der Waals surface area contributed by atoms with Crippen molar-refractivity contribution in [2.24, 2.45) is 0 Å². The third-order valence-electron chi connectivity index (χ3n) is 7.81. The molecule has 0 unspecified atom stereocenters. The molecule has 0 aliphatic carbocycles. The van der Waals surface area contributed by atoms with Gasteiger partial charge in [-0.3, -0.25) is 9.59 Å². The highest BCUT2D eigenvalue weighted by Crippen LogP contribution is 2.38. The Morgan fingerprint density at radius 3 is 2.15 bits per heavy atom. The number of nitrogens with zero attached hydrogens (tertiary/aromatic N) is 1. The van der Waals surface area contributed by atoms with E-state index in [1.54, 1.807) is 0 Å². The van der Waals surface area contributed by atoms with E-state index in [1.807, 2.05) is 48.5 Å². The first-order valence-corrected chi connectivity index (χ1v) is 14.8. The molecule has 2 aromatic rings. The molecule has 0 aromatic heterocycles. The zero-order chi connectivity index (χ0) is 28.2. The highest BCUT2D eigenvalue weighted by Gasteiger charge is 2.33. The van der Waals surface area contributed by atoms with Crippen LogP contribution in [0.4, 0.5) is 0 Å². The first-order chi connectivity index (χ1) is 19.5. The molecule has 0 spiro atoms. The van der Waals surface area contributed by atoms with Crippen molar-refractivity contribution in [3.8, 4) is 0 Å². The predicted octanol–water partition coefficient (Wildman–Crippen LogP) is 5.25. The fraction of sp³-hybridized carbons (Fsp3) is 0.562. The number of carbonyl (C=O) groups is 2. The number of nitrogens with one attached hydrogen (secondary N) is 1. The Bertz CT molecular complexity index is 1050. The second-order valence-corrected chi connectivity index (χ2v) is 11.0. The number of aliphatic hydroxyl groups excluding tert-OH is 1. The summed E-state index contributed by atoms with van der Waals surface area (Å²) < 4.78 is 13.0. The maximum Gasteiger partial charge on any atom is 0.303 e. The van der Waals surface area contributed by atoms with E-state index in [-0.39, 0.29) is 31.1 Å². The van der Waals surface area contributed by atoms with Crippen LogP contribution in [0.5, 0.6) is 0 Å². The van der Waals surface area contributed by atoms with Crippen LogP contribution in [-0.4, -0.2) is 52.7 Å². The zero-order valence-corrected chi connectivity index (χ0v) is 23.4. The van der Waals surface area contributed by atoms with Crippen LogP contribution in [0.25, 0.3) is 0 Å². The average molecular weight is 553 g/mol. The van der Waals surface area contributed by atoms with Crippen molar-refractivity contribution < 1.29 is 29.3 Å². The Morgan fingerprint density at radius 1 is 0.825 bits per heavy atom. The van der Waals surface area contributed by atoms with Crippen LogP contribution in [0.3, 0.4) is 0 Å². The fourth-order valence-electron chi connectivity index (χ4n) is 5.46. The van der Waals surface area contributed by atoms with Crippen molar-refractivity contribution in [2.45, 2.75) is 95.9 Å². The Balaban J connectivity index is 1.31. The monoisotopic (exact) mass is 552 g/mol. The van der Waals surface area contributed by atoms with Gasteiger partial charge in [-0.05, 0) is 55.5 Å². The van der Waals surface area contributed by atoms with E-state index < -0.39 is 12.3 Å². The summed E-state index contributed by atoms with van der Waals surface area (Å²) in [4.78, 5) is 25.3. The molecule has 8 heteroatoms. The molecule has 0 radical (unpaired) electrons. The van der Waals surface area contributed by atoms with Crippen LogP contribution >= 0.6 is 0 Å². The number of amides is 1. The standard InChI is InChI=1S/C32H44N2O6/c35-23-25-12-14-26(15-13-25)29-20-28(22-34-18-6-3-7-19-34)39-32(40-29)27-16-10-24(11-17-27)21-33-30(36)8-4-1-2-5-9-31(37)38/h10-17,28-29,32,35H,1-9,18-23H2,(H,33,36)(H,37,38)/t28-,29+,32+/m0/s1. The first kappa shape index (κ1) is 30.2. The van der Waals surface area contributed by atoms with Crippen molar-refractivity contribution in [1.82, 2.24) is 10.2 Å². The number of carboxylic acids is 1. The molecule has 3 N–H and O–H groups in total. The Kier molecular flexibility index (Phi) is 12.0. The molecule has 2 aromatic carbocycles. The van der Waals surface area contributed by atoms with Gasteiger partial charge in [0.05, 0.1) is 18.8 Å². The molecule has 2 heterocycles. The van der Waals surface area contributed by atoms with Gasteiger partial charge in [-0.25, -0.2) is 0 Å². The largest absolute Gasteiger partial charge is 0.481 e. The van der Waals surface area contributed by atoms with Crippen molar-refractivity contribution in [2.75, 3.05) is 19.6 Å². The summed E-state index contributed by atoms with van der Waals surface area (Å²) in [6, 6.07) is 16.0. The number of likely N-dealkylation sites (tertiary alicyclic amines) is 1. The summed E-state index contributed by atoms with van der Waals surface area (Å²) in [5.74, 6) is -0.757. The number of hydrogen-bond acceptors (Lipinski definition) is 6.